The van der Waals surface area contributed by atoms with Gasteiger partial charge in [0.15, 0.2) is 0 Å². The van der Waals surface area contributed by atoms with Crippen molar-refractivity contribution >= 4 is 0 Å². The van der Waals surface area contributed by atoms with E-state index in [4.69, 9.17) is 4.74 Å². The molecule has 0 radical (unpaired) electrons. The fourth-order valence-electron chi connectivity index (χ4n) is 1.96. The Balaban J connectivity index is 2.68. The second-order valence-corrected chi connectivity index (χ2v) is 3.90. The van der Waals surface area contributed by atoms with E-state index in [0.29, 0.717) is 5.92 Å². The van der Waals surface area contributed by atoms with Crippen LogP contribution in [0.15, 0.2) is 24.3 Å². The number of rotatable bonds is 6. The minimum absolute atomic E-state index is 0.714. The quantitative estimate of drug-likeness (QED) is 0.671. The molecular formula is C14H22O. The van der Waals surface area contributed by atoms with Crippen LogP contribution in [0.3, 0.4) is 0 Å². The summed E-state index contributed by atoms with van der Waals surface area (Å²) in [5.74, 6) is 1.69. The molecule has 0 amide bonds. The highest BCUT2D eigenvalue weighted by Gasteiger charge is 2.07. The lowest BCUT2D eigenvalue weighted by Gasteiger charge is -2.14. The van der Waals surface area contributed by atoms with Crippen LogP contribution in [-0.4, -0.2) is 6.61 Å². The summed E-state index contributed by atoms with van der Waals surface area (Å²) < 4.78 is 5.43. The molecule has 0 saturated heterocycles. The summed E-state index contributed by atoms with van der Waals surface area (Å²) in [4.78, 5) is 0. The molecule has 0 aliphatic rings. The predicted octanol–water partition coefficient (Wildman–Crippen LogP) is 4.38. The first-order valence-corrected chi connectivity index (χ1v) is 6.04. The molecule has 84 valence electrons. The van der Waals surface area contributed by atoms with Crippen molar-refractivity contribution in [2.45, 2.75) is 46.0 Å². The van der Waals surface area contributed by atoms with Gasteiger partial charge in [-0.1, -0.05) is 32.4 Å². The highest BCUT2D eigenvalue weighted by Crippen LogP contribution is 2.26. The smallest absolute Gasteiger partial charge is 0.119 e. The van der Waals surface area contributed by atoms with Gasteiger partial charge in [0.25, 0.3) is 0 Å². The molecule has 1 nitrogen and oxygen atoms in total. The van der Waals surface area contributed by atoms with E-state index in [1.165, 1.54) is 24.8 Å². The summed E-state index contributed by atoms with van der Waals surface area (Å²) >= 11 is 0. The van der Waals surface area contributed by atoms with Crippen LogP contribution >= 0.6 is 0 Å². The Kier molecular flexibility index (Phi) is 5.23. The zero-order valence-electron chi connectivity index (χ0n) is 10.1. The van der Waals surface area contributed by atoms with Crippen LogP contribution in [0.1, 0.15) is 51.5 Å². The highest BCUT2D eigenvalue weighted by molar-refractivity contribution is 5.29. The van der Waals surface area contributed by atoms with Crippen molar-refractivity contribution in [1.82, 2.24) is 0 Å². The average Bonchev–Trinajstić information content (AvgIpc) is 2.28. The minimum Gasteiger partial charge on any atom is -0.494 e. The van der Waals surface area contributed by atoms with Crippen LogP contribution in [0, 0.1) is 0 Å². The van der Waals surface area contributed by atoms with E-state index < -0.39 is 0 Å². The fraction of sp³-hybridized carbons (Fsp3) is 0.571. The summed E-state index contributed by atoms with van der Waals surface area (Å²) in [5.41, 5.74) is 1.45. The van der Waals surface area contributed by atoms with E-state index in [1.807, 2.05) is 6.92 Å². The Morgan fingerprint density at radius 1 is 1.07 bits per heavy atom. The minimum atomic E-state index is 0.714. The molecule has 1 rings (SSSR count). The standard InChI is InChI=1S/C14H22O/c1-4-7-12(5-2)13-8-10-14(11-9-13)15-6-3/h8-12H,4-7H2,1-3H3. The second-order valence-electron chi connectivity index (χ2n) is 3.90. The Bertz CT molecular complexity index is 263. The molecule has 0 bridgehead atoms. The number of ether oxygens (including phenoxy) is 1. The van der Waals surface area contributed by atoms with Crippen LogP contribution < -0.4 is 4.74 Å². The van der Waals surface area contributed by atoms with E-state index >= 15 is 0 Å². The Hall–Kier alpha value is -0.980. The molecule has 0 fully saturated rings. The Labute approximate surface area is 93.5 Å². The van der Waals surface area contributed by atoms with Gasteiger partial charge in [0, 0.05) is 0 Å². The molecule has 15 heavy (non-hydrogen) atoms. The summed E-state index contributed by atoms with van der Waals surface area (Å²) in [7, 11) is 0. The maximum absolute atomic E-state index is 5.43. The van der Waals surface area contributed by atoms with Gasteiger partial charge in [-0.3, -0.25) is 0 Å². The van der Waals surface area contributed by atoms with Gasteiger partial charge >= 0.3 is 0 Å². The Morgan fingerprint density at radius 2 is 1.73 bits per heavy atom. The summed E-state index contributed by atoms with van der Waals surface area (Å²) in [6.07, 6.45) is 3.76. The number of hydrogen-bond acceptors (Lipinski definition) is 1. The maximum Gasteiger partial charge on any atom is 0.119 e. The molecule has 1 unspecified atom stereocenters. The lowest BCUT2D eigenvalue weighted by Crippen LogP contribution is -1.97. The molecule has 0 aliphatic heterocycles. The third-order valence-electron chi connectivity index (χ3n) is 2.79. The van der Waals surface area contributed by atoms with E-state index in [9.17, 15) is 0 Å². The zero-order chi connectivity index (χ0) is 11.1. The van der Waals surface area contributed by atoms with Gasteiger partial charge in [0.05, 0.1) is 6.61 Å². The number of benzene rings is 1. The van der Waals surface area contributed by atoms with Crippen molar-refractivity contribution in [3.63, 3.8) is 0 Å². The maximum atomic E-state index is 5.43. The van der Waals surface area contributed by atoms with E-state index in [2.05, 4.69) is 38.1 Å². The SMILES string of the molecule is CCCC(CC)c1ccc(OCC)cc1. The van der Waals surface area contributed by atoms with Crippen molar-refractivity contribution < 1.29 is 4.74 Å². The first kappa shape index (κ1) is 12.1. The highest BCUT2D eigenvalue weighted by atomic mass is 16.5. The molecule has 0 saturated carbocycles. The van der Waals surface area contributed by atoms with Crippen LogP contribution in [0.25, 0.3) is 0 Å². The van der Waals surface area contributed by atoms with Crippen molar-refractivity contribution in [3.05, 3.63) is 29.8 Å². The fourth-order valence-corrected chi connectivity index (χ4v) is 1.96. The monoisotopic (exact) mass is 206 g/mol. The van der Waals surface area contributed by atoms with E-state index in [1.54, 1.807) is 0 Å². The molecule has 1 aromatic rings. The molecule has 0 aliphatic carbocycles. The zero-order valence-corrected chi connectivity index (χ0v) is 10.1. The molecule has 0 aromatic heterocycles. The van der Waals surface area contributed by atoms with Crippen LogP contribution in [0.2, 0.25) is 0 Å². The molecule has 1 atom stereocenters. The molecule has 0 heterocycles. The van der Waals surface area contributed by atoms with Crippen molar-refractivity contribution in [2.75, 3.05) is 6.61 Å². The van der Waals surface area contributed by atoms with Crippen LogP contribution in [0.4, 0.5) is 0 Å². The molecule has 0 N–H and O–H groups in total. The van der Waals surface area contributed by atoms with Crippen molar-refractivity contribution in [1.29, 1.82) is 0 Å². The summed E-state index contributed by atoms with van der Waals surface area (Å²) in [6, 6.07) is 8.57. The molecular weight excluding hydrogens is 184 g/mol. The van der Waals surface area contributed by atoms with E-state index in [-0.39, 0.29) is 0 Å². The van der Waals surface area contributed by atoms with Crippen LogP contribution in [0.5, 0.6) is 5.75 Å². The summed E-state index contributed by atoms with van der Waals surface area (Å²) in [5, 5.41) is 0. The van der Waals surface area contributed by atoms with Gasteiger partial charge in [-0.2, -0.15) is 0 Å². The Morgan fingerprint density at radius 3 is 2.20 bits per heavy atom. The summed E-state index contributed by atoms with van der Waals surface area (Å²) in [6.45, 7) is 7.26. The lowest BCUT2D eigenvalue weighted by atomic mass is 9.92. The van der Waals surface area contributed by atoms with Gasteiger partial charge in [0.2, 0.25) is 0 Å². The van der Waals surface area contributed by atoms with Gasteiger partial charge in [0.1, 0.15) is 5.75 Å². The normalized spacial score (nSPS) is 12.5. The van der Waals surface area contributed by atoms with Gasteiger partial charge < -0.3 is 4.74 Å². The average molecular weight is 206 g/mol. The first-order valence-electron chi connectivity index (χ1n) is 6.04. The van der Waals surface area contributed by atoms with Crippen molar-refractivity contribution in [3.8, 4) is 5.75 Å². The number of hydrogen-bond donors (Lipinski definition) is 0. The predicted molar refractivity (Wildman–Crippen MR) is 65.6 cm³/mol. The lowest BCUT2D eigenvalue weighted by molar-refractivity contribution is 0.340. The third-order valence-corrected chi connectivity index (χ3v) is 2.79. The third kappa shape index (κ3) is 3.58. The van der Waals surface area contributed by atoms with Gasteiger partial charge in [-0.05, 0) is 43.4 Å². The van der Waals surface area contributed by atoms with E-state index in [0.717, 1.165) is 12.4 Å². The van der Waals surface area contributed by atoms with Gasteiger partial charge in [-0.15, -0.1) is 0 Å². The first-order chi connectivity index (χ1) is 7.31. The van der Waals surface area contributed by atoms with Crippen molar-refractivity contribution in [2.24, 2.45) is 0 Å². The van der Waals surface area contributed by atoms with Gasteiger partial charge in [-0.25, -0.2) is 0 Å². The molecule has 1 aromatic carbocycles. The molecule has 1 heteroatoms. The largest absolute Gasteiger partial charge is 0.494 e. The second kappa shape index (κ2) is 6.49. The molecule has 0 spiro atoms. The van der Waals surface area contributed by atoms with Crippen LogP contribution in [-0.2, 0) is 0 Å². The topological polar surface area (TPSA) is 9.23 Å².